The number of piperidine rings is 1. The molecule has 3 heteroatoms. The van der Waals surface area contributed by atoms with Gasteiger partial charge in [0.25, 0.3) is 0 Å². The minimum absolute atomic E-state index is 0.474. The predicted molar refractivity (Wildman–Crippen MR) is 73.0 cm³/mol. The summed E-state index contributed by atoms with van der Waals surface area (Å²) < 4.78 is 11.1. The van der Waals surface area contributed by atoms with Crippen molar-refractivity contribution < 1.29 is 9.47 Å². The molecular formula is C15H23NO2. The molecule has 18 heavy (non-hydrogen) atoms. The molecule has 1 aliphatic heterocycles. The molecule has 0 bridgehead atoms. The van der Waals surface area contributed by atoms with Crippen LogP contribution in [0.15, 0.2) is 30.3 Å². The fourth-order valence-electron chi connectivity index (χ4n) is 2.36. The quantitative estimate of drug-likeness (QED) is 0.723. The normalized spacial score (nSPS) is 17.8. The van der Waals surface area contributed by atoms with Crippen LogP contribution in [0.2, 0.25) is 0 Å². The van der Waals surface area contributed by atoms with Crippen LogP contribution in [0.1, 0.15) is 19.3 Å². The number of nitrogens with zero attached hydrogens (tertiary/aromatic N) is 1. The highest BCUT2D eigenvalue weighted by molar-refractivity contribution is 5.20. The maximum Gasteiger partial charge on any atom is 0.119 e. The number of hydrogen-bond donors (Lipinski definition) is 0. The van der Waals surface area contributed by atoms with Gasteiger partial charge in [0, 0.05) is 26.7 Å². The minimum Gasteiger partial charge on any atom is -0.494 e. The zero-order chi connectivity index (χ0) is 12.6. The van der Waals surface area contributed by atoms with Gasteiger partial charge in [-0.25, -0.2) is 0 Å². The van der Waals surface area contributed by atoms with Gasteiger partial charge in [-0.3, -0.25) is 0 Å². The molecule has 0 N–H and O–H groups in total. The summed E-state index contributed by atoms with van der Waals surface area (Å²) >= 11 is 0. The number of ether oxygens (including phenoxy) is 2. The molecule has 0 aromatic heterocycles. The number of benzene rings is 1. The highest BCUT2D eigenvalue weighted by Crippen LogP contribution is 2.13. The maximum absolute atomic E-state index is 5.69. The van der Waals surface area contributed by atoms with Crippen molar-refractivity contribution in [2.75, 3.05) is 33.4 Å². The molecule has 0 radical (unpaired) electrons. The van der Waals surface area contributed by atoms with Crippen LogP contribution >= 0.6 is 0 Å². The van der Waals surface area contributed by atoms with Gasteiger partial charge in [0.2, 0.25) is 0 Å². The third kappa shape index (κ3) is 4.31. The standard InChI is InChI=1S/C15H23NO2/c1-17-14-8-11-16(12-9-14)10-5-13-18-15-6-3-2-4-7-15/h2-4,6-7,14H,5,8-13H2,1H3. The van der Waals surface area contributed by atoms with Crippen molar-refractivity contribution in [3.63, 3.8) is 0 Å². The number of methoxy groups -OCH3 is 1. The molecule has 0 saturated carbocycles. The molecule has 0 atom stereocenters. The van der Waals surface area contributed by atoms with Crippen LogP contribution in [0.4, 0.5) is 0 Å². The van der Waals surface area contributed by atoms with E-state index in [1.54, 1.807) is 0 Å². The molecule has 100 valence electrons. The van der Waals surface area contributed by atoms with Crippen LogP contribution in [0.3, 0.4) is 0 Å². The third-order valence-electron chi connectivity index (χ3n) is 3.50. The summed E-state index contributed by atoms with van der Waals surface area (Å²) in [6, 6.07) is 10.0. The van der Waals surface area contributed by atoms with Gasteiger partial charge < -0.3 is 14.4 Å². The van der Waals surface area contributed by atoms with E-state index in [0.717, 1.165) is 51.3 Å². The van der Waals surface area contributed by atoms with E-state index in [2.05, 4.69) is 4.90 Å². The second kappa shape index (κ2) is 7.39. The number of hydrogen-bond acceptors (Lipinski definition) is 3. The van der Waals surface area contributed by atoms with Crippen molar-refractivity contribution in [2.24, 2.45) is 0 Å². The van der Waals surface area contributed by atoms with E-state index in [1.165, 1.54) is 0 Å². The first kappa shape index (κ1) is 13.4. The summed E-state index contributed by atoms with van der Waals surface area (Å²) in [6.07, 6.45) is 3.89. The summed E-state index contributed by atoms with van der Waals surface area (Å²) in [5.41, 5.74) is 0. The summed E-state index contributed by atoms with van der Waals surface area (Å²) in [5, 5.41) is 0. The lowest BCUT2D eigenvalue weighted by Gasteiger charge is -2.31. The van der Waals surface area contributed by atoms with Gasteiger partial charge in [0.15, 0.2) is 0 Å². The van der Waals surface area contributed by atoms with Gasteiger partial charge in [-0.1, -0.05) is 18.2 Å². The van der Waals surface area contributed by atoms with E-state index in [4.69, 9.17) is 9.47 Å². The Balaban J connectivity index is 1.56. The van der Waals surface area contributed by atoms with E-state index in [0.29, 0.717) is 6.10 Å². The third-order valence-corrected chi connectivity index (χ3v) is 3.50. The Morgan fingerprint density at radius 2 is 1.89 bits per heavy atom. The SMILES string of the molecule is COC1CCN(CCCOc2ccccc2)CC1. The Morgan fingerprint density at radius 3 is 2.56 bits per heavy atom. The molecule has 0 amide bonds. The van der Waals surface area contributed by atoms with Crippen molar-refractivity contribution in [2.45, 2.75) is 25.4 Å². The van der Waals surface area contributed by atoms with Gasteiger partial charge >= 0.3 is 0 Å². The first-order valence-electron chi connectivity index (χ1n) is 6.81. The first-order valence-corrected chi connectivity index (χ1v) is 6.81. The molecule has 1 fully saturated rings. The summed E-state index contributed by atoms with van der Waals surface area (Å²) in [7, 11) is 1.81. The summed E-state index contributed by atoms with van der Waals surface area (Å²) in [5.74, 6) is 0.968. The van der Waals surface area contributed by atoms with Crippen molar-refractivity contribution in [1.82, 2.24) is 4.90 Å². The second-order valence-corrected chi connectivity index (χ2v) is 4.79. The summed E-state index contributed by atoms with van der Waals surface area (Å²) in [4.78, 5) is 2.50. The lowest BCUT2D eigenvalue weighted by atomic mass is 10.1. The van der Waals surface area contributed by atoms with Crippen LogP contribution in [-0.4, -0.2) is 44.4 Å². The van der Waals surface area contributed by atoms with Crippen molar-refractivity contribution >= 4 is 0 Å². The van der Waals surface area contributed by atoms with Gasteiger partial charge in [-0.05, 0) is 31.4 Å². The van der Waals surface area contributed by atoms with Crippen molar-refractivity contribution in [3.05, 3.63) is 30.3 Å². The van der Waals surface area contributed by atoms with Crippen LogP contribution in [0, 0.1) is 0 Å². The minimum atomic E-state index is 0.474. The van der Waals surface area contributed by atoms with Crippen LogP contribution < -0.4 is 4.74 Å². The van der Waals surface area contributed by atoms with Gasteiger partial charge in [0.05, 0.1) is 12.7 Å². The van der Waals surface area contributed by atoms with Crippen molar-refractivity contribution in [1.29, 1.82) is 0 Å². The van der Waals surface area contributed by atoms with Crippen LogP contribution in [0.25, 0.3) is 0 Å². The fourth-order valence-corrected chi connectivity index (χ4v) is 2.36. The zero-order valence-electron chi connectivity index (χ0n) is 11.2. The highest BCUT2D eigenvalue weighted by atomic mass is 16.5. The molecule has 1 saturated heterocycles. The fraction of sp³-hybridized carbons (Fsp3) is 0.600. The molecule has 0 unspecified atom stereocenters. The molecule has 1 heterocycles. The van der Waals surface area contributed by atoms with Gasteiger partial charge in [-0.15, -0.1) is 0 Å². The summed E-state index contributed by atoms with van der Waals surface area (Å²) in [6.45, 7) is 4.24. The molecule has 0 aliphatic carbocycles. The first-order chi connectivity index (χ1) is 8.88. The van der Waals surface area contributed by atoms with E-state index in [1.807, 2.05) is 37.4 Å². The Bertz CT molecular complexity index is 321. The Kier molecular flexibility index (Phi) is 5.49. The number of para-hydroxylation sites is 1. The lowest BCUT2D eigenvalue weighted by molar-refractivity contribution is 0.0398. The molecule has 0 spiro atoms. The number of rotatable bonds is 6. The molecular weight excluding hydrogens is 226 g/mol. The van der Waals surface area contributed by atoms with E-state index < -0.39 is 0 Å². The zero-order valence-corrected chi connectivity index (χ0v) is 11.2. The van der Waals surface area contributed by atoms with E-state index >= 15 is 0 Å². The largest absolute Gasteiger partial charge is 0.494 e. The van der Waals surface area contributed by atoms with E-state index in [-0.39, 0.29) is 0 Å². The predicted octanol–water partition coefficient (Wildman–Crippen LogP) is 2.57. The van der Waals surface area contributed by atoms with E-state index in [9.17, 15) is 0 Å². The van der Waals surface area contributed by atoms with Crippen LogP contribution in [-0.2, 0) is 4.74 Å². The molecule has 1 aromatic rings. The Hall–Kier alpha value is -1.06. The Labute approximate surface area is 110 Å². The average molecular weight is 249 g/mol. The topological polar surface area (TPSA) is 21.7 Å². The maximum atomic E-state index is 5.69. The van der Waals surface area contributed by atoms with Gasteiger partial charge in [0.1, 0.15) is 5.75 Å². The number of likely N-dealkylation sites (tertiary alicyclic amines) is 1. The smallest absolute Gasteiger partial charge is 0.119 e. The van der Waals surface area contributed by atoms with Gasteiger partial charge in [-0.2, -0.15) is 0 Å². The molecule has 2 rings (SSSR count). The molecule has 1 aliphatic rings. The molecule has 3 nitrogen and oxygen atoms in total. The Morgan fingerprint density at radius 1 is 1.17 bits per heavy atom. The highest BCUT2D eigenvalue weighted by Gasteiger charge is 2.17. The lowest BCUT2D eigenvalue weighted by Crippen LogP contribution is -2.37. The average Bonchev–Trinajstić information content (AvgIpc) is 2.45. The van der Waals surface area contributed by atoms with Crippen LogP contribution in [0.5, 0.6) is 5.75 Å². The van der Waals surface area contributed by atoms with Crippen molar-refractivity contribution in [3.8, 4) is 5.75 Å². The monoisotopic (exact) mass is 249 g/mol. The second-order valence-electron chi connectivity index (χ2n) is 4.79. The molecule has 1 aromatic carbocycles.